The number of aromatic nitrogens is 1. The van der Waals surface area contributed by atoms with Gasteiger partial charge in [-0.05, 0) is 30.3 Å². The average molecular weight is 293 g/mol. The Balaban J connectivity index is 1.98. The standard InChI is InChI=1S/C12H9BrN2O2/c13-9-5-6-14-11(8-9)15-12(16)4-3-10-2-1-7-17-10/h1-8H,(H,14,15,16)/b4-3+. The molecule has 0 fully saturated rings. The van der Waals surface area contributed by atoms with Crippen LogP contribution in [0.25, 0.3) is 6.08 Å². The normalized spacial score (nSPS) is 10.6. The van der Waals surface area contributed by atoms with Crippen LogP contribution in [-0.4, -0.2) is 10.9 Å². The maximum atomic E-state index is 11.5. The predicted molar refractivity (Wildman–Crippen MR) is 68.3 cm³/mol. The number of halogens is 1. The Kier molecular flexibility index (Phi) is 3.72. The van der Waals surface area contributed by atoms with E-state index >= 15 is 0 Å². The third-order valence-corrected chi connectivity index (χ3v) is 2.41. The summed E-state index contributed by atoms with van der Waals surface area (Å²) in [4.78, 5) is 15.5. The van der Waals surface area contributed by atoms with Crippen LogP contribution in [0.1, 0.15) is 5.76 Å². The minimum absolute atomic E-state index is 0.257. The molecule has 86 valence electrons. The van der Waals surface area contributed by atoms with E-state index in [4.69, 9.17) is 4.42 Å². The third kappa shape index (κ3) is 3.57. The maximum absolute atomic E-state index is 11.5. The quantitative estimate of drug-likeness (QED) is 0.885. The van der Waals surface area contributed by atoms with Gasteiger partial charge in [0, 0.05) is 16.7 Å². The molecule has 0 saturated heterocycles. The Bertz CT molecular complexity index is 535. The van der Waals surface area contributed by atoms with Crippen molar-refractivity contribution in [2.24, 2.45) is 0 Å². The zero-order valence-corrected chi connectivity index (χ0v) is 10.3. The number of carbonyl (C=O) groups is 1. The molecular weight excluding hydrogens is 284 g/mol. The van der Waals surface area contributed by atoms with Crippen LogP contribution in [0.2, 0.25) is 0 Å². The van der Waals surface area contributed by atoms with Gasteiger partial charge in [0.15, 0.2) is 0 Å². The van der Waals surface area contributed by atoms with E-state index in [9.17, 15) is 4.79 Å². The van der Waals surface area contributed by atoms with E-state index in [0.29, 0.717) is 11.6 Å². The van der Waals surface area contributed by atoms with Crippen molar-refractivity contribution in [2.45, 2.75) is 0 Å². The number of nitrogens with zero attached hydrogens (tertiary/aromatic N) is 1. The lowest BCUT2D eigenvalue weighted by Gasteiger charge is -2.00. The molecule has 1 amide bonds. The molecule has 0 radical (unpaired) electrons. The summed E-state index contributed by atoms with van der Waals surface area (Å²) >= 11 is 3.30. The molecule has 2 aromatic rings. The Morgan fingerprint density at radius 2 is 2.35 bits per heavy atom. The van der Waals surface area contributed by atoms with Crippen molar-refractivity contribution in [3.63, 3.8) is 0 Å². The smallest absolute Gasteiger partial charge is 0.249 e. The van der Waals surface area contributed by atoms with E-state index < -0.39 is 0 Å². The summed E-state index contributed by atoms with van der Waals surface area (Å²) in [6.07, 6.45) is 6.14. The van der Waals surface area contributed by atoms with Crippen LogP contribution in [0.15, 0.2) is 51.7 Å². The van der Waals surface area contributed by atoms with Gasteiger partial charge < -0.3 is 9.73 Å². The molecule has 0 unspecified atom stereocenters. The van der Waals surface area contributed by atoms with Crippen molar-refractivity contribution >= 4 is 33.7 Å². The zero-order valence-electron chi connectivity index (χ0n) is 8.76. The third-order valence-electron chi connectivity index (χ3n) is 1.92. The van der Waals surface area contributed by atoms with Crippen molar-refractivity contribution in [3.8, 4) is 0 Å². The van der Waals surface area contributed by atoms with Gasteiger partial charge in [0.1, 0.15) is 11.6 Å². The van der Waals surface area contributed by atoms with Crippen molar-refractivity contribution < 1.29 is 9.21 Å². The van der Waals surface area contributed by atoms with E-state index in [-0.39, 0.29) is 5.91 Å². The number of hydrogen-bond acceptors (Lipinski definition) is 3. The highest BCUT2D eigenvalue weighted by Crippen LogP contribution is 2.12. The maximum Gasteiger partial charge on any atom is 0.249 e. The second kappa shape index (κ2) is 5.45. The molecule has 17 heavy (non-hydrogen) atoms. The van der Waals surface area contributed by atoms with Gasteiger partial charge in [0.05, 0.1) is 6.26 Å². The lowest BCUT2D eigenvalue weighted by molar-refractivity contribution is -0.111. The first-order valence-corrected chi connectivity index (χ1v) is 5.67. The molecule has 1 N–H and O–H groups in total. The molecule has 0 saturated carbocycles. The fraction of sp³-hybridized carbons (Fsp3) is 0. The summed E-state index contributed by atoms with van der Waals surface area (Å²) in [5, 5.41) is 2.64. The van der Waals surface area contributed by atoms with Crippen molar-refractivity contribution in [1.29, 1.82) is 0 Å². The molecule has 2 aromatic heterocycles. The summed E-state index contributed by atoms with van der Waals surface area (Å²) < 4.78 is 5.92. The summed E-state index contributed by atoms with van der Waals surface area (Å²) in [5.74, 6) is 0.864. The lowest BCUT2D eigenvalue weighted by Crippen LogP contribution is -2.08. The van der Waals surface area contributed by atoms with E-state index in [1.54, 1.807) is 42.8 Å². The first-order chi connectivity index (χ1) is 8.24. The van der Waals surface area contributed by atoms with Crippen LogP contribution in [0.3, 0.4) is 0 Å². The van der Waals surface area contributed by atoms with E-state index in [0.717, 1.165) is 4.47 Å². The molecule has 0 aliphatic carbocycles. The van der Waals surface area contributed by atoms with E-state index in [2.05, 4.69) is 26.2 Å². The molecule has 2 heterocycles. The van der Waals surface area contributed by atoms with Crippen LogP contribution in [0.5, 0.6) is 0 Å². The zero-order chi connectivity index (χ0) is 12.1. The van der Waals surface area contributed by atoms with Crippen LogP contribution in [-0.2, 0) is 4.79 Å². The van der Waals surface area contributed by atoms with Crippen molar-refractivity contribution in [2.75, 3.05) is 5.32 Å². The molecule has 0 bridgehead atoms. The average Bonchev–Trinajstić information content (AvgIpc) is 2.79. The number of anilines is 1. The predicted octanol–water partition coefficient (Wildman–Crippen LogP) is 3.09. The van der Waals surface area contributed by atoms with Crippen molar-refractivity contribution in [1.82, 2.24) is 4.98 Å². The molecule has 4 nitrogen and oxygen atoms in total. The fourth-order valence-electron chi connectivity index (χ4n) is 1.18. The Labute approximate surface area is 106 Å². The summed E-state index contributed by atoms with van der Waals surface area (Å²) in [6, 6.07) is 7.03. The molecule has 0 aromatic carbocycles. The van der Waals surface area contributed by atoms with Crippen LogP contribution in [0.4, 0.5) is 5.82 Å². The second-order valence-corrected chi connectivity index (χ2v) is 4.11. The van der Waals surface area contributed by atoms with Gasteiger partial charge in [0.25, 0.3) is 0 Å². The first kappa shape index (κ1) is 11.6. The molecular formula is C12H9BrN2O2. The number of amides is 1. The first-order valence-electron chi connectivity index (χ1n) is 4.88. The largest absolute Gasteiger partial charge is 0.465 e. The molecule has 0 aliphatic heterocycles. The number of furan rings is 1. The highest BCUT2D eigenvalue weighted by Gasteiger charge is 1.99. The number of pyridine rings is 1. The molecule has 2 rings (SSSR count). The van der Waals surface area contributed by atoms with Gasteiger partial charge in [-0.15, -0.1) is 0 Å². The number of hydrogen-bond donors (Lipinski definition) is 1. The van der Waals surface area contributed by atoms with E-state index in [1.165, 1.54) is 6.08 Å². The van der Waals surface area contributed by atoms with E-state index in [1.807, 2.05) is 0 Å². The second-order valence-electron chi connectivity index (χ2n) is 3.20. The Hall–Kier alpha value is -1.88. The topological polar surface area (TPSA) is 55.1 Å². The van der Waals surface area contributed by atoms with Gasteiger partial charge in [-0.3, -0.25) is 4.79 Å². The van der Waals surface area contributed by atoms with Crippen LogP contribution >= 0.6 is 15.9 Å². The SMILES string of the molecule is O=C(/C=C/c1ccco1)Nc1cc(Br)ccn1. The monoisotopic (exact) mass is 292 g/mol. The van der Waals surface area contributed by atoms with Crippen LogP contribution in [0, 0.1) is 0 Å². The van der Waals surface area contributed by atoms with Crippen molar-refractivity contribution in [3.05, 3.63) is 53.0 Å². The molecule has 0 aliphatic rings. The summed E-state index contributed by atoms with van der Waals surface area (Å²) in [6.45, 7) is 0. The molecule has 0 atom stereocenters. The van der Waals surface area contributed by atoms with Gasteiger partial charge in [-0.25, -0.2) is 4.98 Å². The lowest BCUT2D eigenvalue weighted by atomic mass is 10.4. The molecule has 5 heteroatoms. The summed E-state index contributed by atoms with van der Waals surface area (Å²) in [5.41, 5.74) is 0. The highest BCUT2D eigenvalue weighted by atomic mass is 79.9. The van der Waals surface area contributed by atoms with Gasteiger partial charge >= 0.3 is 0 Å². The highest BCUT2D eigenvalue weighted by molar-refractivity contribution is 9.10. The Morgan fingerprint density at radius 1 is 1.47 bits per heavy atom. The Morgan fingerprint density at radius 3 is 3.06 bits per heavy atom. The minimum atomic E-state index is -0.257. The minimum Gasteiger partial charge on any atom is -0.465 e. The van der Waals surface area contributed by atoms with Gasteiger partial charge in [0.2, 0.25) is 5.91 Å². The van der Waals surface area contributed by atoms with Gasteiger partial charge in [-0.1, -0.05) is 15.9 Å². The fourth-order valence-corrected chi connectivity index (χ4v) is 1.52. The van der Waals surface area contributed by atoms with Gasteiger partial charge in [-0.2, -0.15) is 0 Å². The number of rotatable bonds is 3. The number of nitrogens with one attached hydrogen (secondary N) is 1. The van der Waals surface area contributed by atoms with Crippen LogP contribution < -0.4 is 5.32 Å². The summed E-state index contributed by atoms with van der Waals surface area (Å²) in [7, 11) is 0. The molecule has 0 spiro atoms. The number of carbonyl (C=O) groups excluding carboxylic acids is 1.